The van der Waals surface area contributed by atoms with Gasteiger partial charge in [0.25, 0.3) is 10.0 Å². The Morgan fingerprint density at radius 2 is 2.04 bits per heavy atom. The van der Waals surface area contributed by atoms with Gasteiger partial charge in [0, 0.05) is 32.7 Å². The maximum absolute atomic E-state index is 12.4. The molecule has 1 aliphatic heterocycles. The number of allylic oxidation sites excluding steroid dienone is 1. The Balaban J connectivity index is 1.81. The molecular formula is C17H26ClN3O3S2. The van der Waals surface area contributed by atoms with Gasteiger partial charge in [0.15, 0.2) is 0 Å². The summed E-state index contributed by atoms with van der Waals surface area (Å²) in [4.78, 5) is 14.6. The van der Waals surface area contributed by atoms with Gasteiger partial charge >= 0.3 is 0 Å². The molecule has 6 nitrogen and oxygen atoms in total. The molecule has 2 heterocycles. The number of nitrogens with one attached hydrogen (secondary N) is 1. The van der Waals surface area contributed by atoms with Crippen molar-refractivity contribution >= 4 is 38.9 Å². The second kappa shape index (κ2) is 9.32. The van der Waals surface area contributed by atoms with Crippen LogP contribution in [-0.4, -0.2) is 62.8 Å². The lowest BCUT2D eigenvalue weighted by Crippen LogP contribution is -2.47. The Bertz CT molecular complexity index is 749. The minimum absolute atomic E-state index is 0.0951. The highest BCUT2D eigenvalue weighted by atomic mass is 35.5. The van der Waals surface area contributed by atoms with Crippen molar-refractivity contribution in [2.45, 2.75) is 36.9 Å². The van der Waals surface area contributed by atoms with Crippen molar-refractivity contribution in [2.75, 3.05) is 33.2 Å². The van der Waals surface area contributed by atoms with Crippen molar-refractivity contribution in [3.63, 3.8) is 0 Å². The minimum atomic E-state index is -3.69. The number of sulfonamides is 1. The molecule has 1 N–H and O–H groups in total. The van der Waals surface area contributed by atoms with Gasteiger partial charge in [-0.3, -0.25) is 9.69 Å². The Kier molecular flexibility index (Phi) is 7.66. The van der Waals surface area contributed by atoms with Crippen molar-refractivity contribution in [2.24, 2.45) is 0 Å². The number of thiophene rings is 1. The van der Waals surface area contributed by atoms with Gasteiger partial charge in [-0.25, -0.2) is 8.42 Å². The fourth-order valence-corrected chi connectivity index (χ4v) is 5.54. The van der Waals surface area contributed by atoms with E-state index in [4.69, 9.17) is 11.6 Å². The molecule has 9 heteroatoms. The van der Waals surface area contributed by atoms with Gasteiger partial charge < -0.3 is 5.32 Å². The molecule has 1 amide bonds. The standard InChI is InChI=1S/C17H26ClN3O3S2/c1-13(2)6-9-21-10-7-14(8-11-21)19-16(22)12-20(3)26(23,24)17-5-4-15(18)25-17/h4-6,14H,7-12H2,1-3H3,(H,19,22). The Morgan fingerprint density at radius 3 is 2.58 bits per heavy atom. The first-order valence-corrected chi connectivity index (χ1v) is 11.2. The van der Waals surface area contributed by atoms with Crippen molar-refractivity contribution < 1.29 is 13.2 Å². The van der Waals surface area contributed by atoms with Crippen LogP contribution in [0.1, 0.15) is 26.7 Å². The summed E-state index contributed by atoms with van der Waals surface area (Å²) in [5, 5.41) is 2.95. The lowest BCUT2D eigenvalue weighted by Gasteiger charge is -2.32. The molecule has 0 atom stereocenters. The van der Waals surface area contributed by atoms with Crippen LogP contribution in [0.5, 0.6) is 0 Å². The van der Waals surface area contributed by atoms with E-state index in [9.17, 15) is 13.2 Å². The van der Waals surface area contributed by atoms with Crippen LogP contribution in [0.25, 0.3) is 0 Å². The molecule has 0 spiro atoms. The highest BCUT2D eigenvalue weighted by Crippen LogP contribution is 2.27. The second-order valence-electron chi connectivity index (χ2n) is 6.74. The lowest BCUT2D eigenvalue weighted by molar-refractivity contribution is -0.122. The number of nitrogens with zero attached hydrogens (tertiary/aromatic N) is 2. The molecule has 1 saturated heterocycles. The quantitative estimate of drug-likeness (QED) is 0.689. The van der Waals surface area contributed by atoms with Crippen LogP contribution in [0, 0.1) is 0 Å². The van der Waals surface area contributed by atoms with Gasteiger partial charge in [0.05, 0.1) is 10.9 Å². The number of amides is 1. The molecule has 0 saturated carbocycles. The van der Waals surface area contributed by atoms with E-state index in [1.54, 1.807) is 0 Å². The van der Waals surface area contributed by atoms with Crippen molar-refractivity contribution in [3.8, 4) is 0 Å². The summed E-state index contributed by atoms with van der Waals surface area (Å²) in [6.45, 7) is 6.76. The number of piperidine rings is 1. The summed E-state index contributed by atoms with van der Waals surface area (Å²) < 4.78 is 26.5. The summed E-state index contributed by atoms with van der Waals surface area (Å²) in [5.41, 5.74) is 1.30. The van der Waals surface area contributed by atoms with Crippen LogP contribution in [0.2, 0.25) is 4.34 Å². The van der Waals surface area contributed by atoms with E-state index in [2.05, 4.69) is 30.1 Å². The zero-order valence-electron chi connectivity index (χ0n) is 15.4. The molecule has 1 aliphatic rings. The van der Waals surface area contributed by atoms with Crippen LogP contribution in [0.3, 0.4) is 0 Å². The number of hydrogen-bond donors (Lipinski definition) is 1. The summed E-state index contributed by atoms with van der Waals surface area (Å²) in [7, 11) is -2.28. The first-order chi connectivity index (χ1) is 12.2. The Morgan fingerprint density at radius 1 is 1.38 bits per heavy atom. The maximum Gasteiger partial charge on any atom is 0.252 e. The zero-order chi connectivity index (χ0) is 19.3. The molecular weight excluding hydrogens is 394 g/mol. The maximum atomic E-state index is 12.4. The first-order valence-electron chi connectivity index (χ1n) is 8.55. The molecule has 1 aromatic rings. The molecule has 1 fully saturated rings. The predicted molar refractivity (Wildman–Crippen MR) is 106 cm³/mol. The van der Waals surface area contributed by atoms with Crippen molar-refractivity contribution in [1.29, 1.82) is 0 Å². The van der Waals surface area contributed by atoms with E-state index >= 15 is 0 Å². The van der Waals surface area contributed by atoms with E-state index in [1.165, 1.54) is 24.8 Å². The molecule has 1 aromatic heterocycles. The summed E-state index contributed by atoms with van der Waals surface area (Å²) in [6.07, 6.45) is 3.95. The topological polar surface area (TPSA) is 69.7 Å². The van der Waals surface area contributed by atoms with Crippen molar-refractivity contribution in [3.05, 3.63) is 28.1 Å². The molecule has 2 rings (SSSR count). The number of carbonyl (C=O) groups excluding carboxylic acids is 1. The fraction of sp³-hybridized carbons (Fsp3) is 0.588. The van der Waals surface area contributed by atoms with Gasteiger partial charge in [-0.2, -0.15) is 4.31 Å². The first kappa shape index (κ1) is 21.4. The average Bonchev–Trinajstić information content (AvgIpc) is 3.01. The lowest BCUT2D eigenvalue weighted by atomic mass is 10.0. The third-order valence-electron chi connectivity index (χ3n) is 4.29. The zero-order valence-corrected chi connectivity index (χ0v) is 17.8. The minimum Gasteiger partial charge on any atom is -0.352 e. The van der Waals surface area contributed by atoms with Gasteiger partial charge in [0.2, 0.25) is 5.91 Å². The van der Waals surface area contributed by atoms with E-state index in [0.717, 1.165) is 48.1 Å². The van der Waals surface area contributed by atoms with Crippen LogP contribution in [-0.2, 0) is 14.8 Å². The van der Waals surface area contributed by atoms with E-state index in [0.29, 0.717) is 4.34 Å². The molecule has 0 radical (unpaired) electrons. The van der Waals surface area contributed by atoms with E-state index in [1.807, 2.05) is 0 Å². The Labute approximate surface area is 164 Å². The smallest absolute Gasteiger partial charge is 0.252 e. The highest BCUT2D eigenvalue weighted by Gasteiger charge is 2.26. The van der Waals surface area contributed by atoms with Gasteiger partial charge in [0.1, 0.15) is 4.21 Å². The monoisotopic (exact) mass is 419 g/mol. The van der Waals surface area contributed by atoms with E-state index in [-0.39, 0.29) is 22.7 Å². The van der Waals surface area contributed by atoms with Crippen LogP contribution in [0.15, 0.2) is 28.0 Å². The number of hydrogen-bond acceptors (Lipinski definition) is 5. The molecule has 26 heavy (non-hydrogen) atoms. The molecule has 0 unspecified atom stereocenters. The third kappa shape index (κ3) is 6.06. The van der Waals surface area contributed by atoms with Crippen LogP contribution < -0.4 is 5.32 Å². The van der Waals surface area contributed by atoms with Crippen molar-refractivity contribution in [1.82, 2.24) is 14.5 Å². The summed E-state index contributed by atoms with van der Waals surface area (Å²) >= 11 is 6.79. The Hall–Kier alpha value is -0.930. The number of likely N-dealkylation sites (N-methyl/N-ethyl adjacent to an activating group) is 1. The van der Waals surface area contributed by atoms with E-state index < -0.39 is 10.0 Å². The SMILES string of the molecule is CC(C)=CCN1CCC(NC(=O)CN(C)S(=O)(=O)c2ccc(Cl)s2)CC1. The van der Waals surface area contributed by atoms with Gasteiger partial charge in [-0.1, -0.05) is 23.3 Å². The summed E-state index contributed by atoms with van der Waals surface area (Å²) in [6, 6.07) is 3.09. The average molecular weight is 420 g/mol. The normalized spacial score (nSPS) is 16.7. The fourth-order valence-electron chi connectivity index (χ4n) is 2.72. The van der Waals surface area contributed by atoms with Gasteiger partial charge in [-0.05, 0) is 38.8 Å². The van der Waals surface area contributed by atoms with Crippen LogP contribution in [0.4, 0.5) is 0 Å². The molecule has 0 aliphatic carbocycles. The number of rotatable bonds is 7. The largest absolute Gasteiger partial charge is 0.352 e. The highest BCUT2D eigenvalue weighted by molar-refractivity contribution is 7.91. The molecule has 0 bridgehead atoms. The van der Waals surface area contributed by atoms with Gasteiger partial charge in [-0.15, -0.1) is 11.3 Å². The van der Waals surface area contributed by atoms with Crippen LogP contribution >= 0.6 is 22.9 Å². The number of halogens is 1. The molecule has 146 valence electrons. The third-order valence-corrected chi connectivity index (χ3v) is 7.79. The second-order valence-corrected chi connectivity index (χ2v) is 10.7. The summed E-state index contributed by atoms with van der Waals surface area (Å²) in [5.74, 6) is -0.276. The number of carbonyl (C=O) groups is 1. The predicted octanol–water partition coefficient (Wildman–Crippen LogP) is 2.57. The number of likely N-dealkylation sites (tertiary alicyclic amines) is 1. The molecule has 0 aromatic carbocycles.